The van der Waals surface area contributed by atoms with E-state index < -0.39 is 12.0 Å². The molecule has 2 aliphatic rings. The Balaban J connectivity index is 1.51. The number of piperidine rings is 1. The average Bonchev–Trinajstić information content (AvgIpc) is 3.02. The molecule has 1 N–H and O–H groups in total. The van der Waals surface area contributed by atoms with E-state index in [-0.39, 0.29) is 12.2 Å². The fourth-order valence-corrected chi connectivity index (χ4v) is 6.21. The zero-order chi connectivity index (χ0) is 30.2. The first-order chi connectivity index (χ1) is 20.9. The van der Waals surface area contributed by atoms with Crippen LogP contribution in [0.15, 0.2) is 89.1 Å². The number of carboxylic acids is 1. The Bertz CT molecular complexity index is 1450. The number of rotatable bonds is 12. The largest absolute Gasteiger partial charge is 0.478 e. The zero-order valence-electron chi connectivity index (χ0n) is 24.0. The highest BCUT2D eigenvalue weighted by molar-refractivity contribution is 6.42. The van der Waals surface area contributed by atoms with Gasteiger partial charge in [0.1, 0.15) is 5.84 Å². The Morgan fingerprint density at radius 1 is 0.907 bits per heavy atom. The van der Waals surface area contributed by atoms with E-state index in [2.05, 4.69) is 21.9 Å². The Labute approximate surface area is 268 Å². The molecule has 0 aliphatic carbocycles. The van der Waals surface area contributed by atoms with E-state index in [4.69, 9.17) is 44.5 Å². The standard InChI is InChI=1S/C34H36Cl3N3O3/c35-27-14-11-25(12-15-27)33-38-30(23-43-21-20-39-17-5-2-6-18-39)31(34(41)42)32(26-13-16-28(36)29(37)22-26)40(33)19-7-10-24-8-3-1-4-9-24/h1,3-4,8-9,11-16,22,32H,2,5-7,10,17-21,23H2,(H,41,42). The molecule has 0 aromatic heterocycles. The van der Waals surface area contributed by atoms with Gasteiger partial charge in [0.25, 0.3) is 0 Å². The molecular formula is C34H36Cl3N3O3. The SMILES string of the molecule is O=C(O)C1=C(COCCN2CCCCC2)N=C(c2ccc(Cl)cc2)N(CCCc2ccccc2)C1c1ccc(Cl)c(Cl)c1. The van der Waals surface area contributed by atoms with Gasteiger partial charge in [0.15, 0.2) is 0 Å². The van der Waals surface area contributed by atoms with Crippen molar-refractivity contribution < 1.29 is 14.6 Å². The van der Waals surface area contributed by atoms with Gasteiger partial charge >= 0.3 is 5.97 Å². The quantitative estimate of drug-likeness (QED) is 0.204. The highest BCUT2D eigenvalue weighted by atomic mass is 35.5. The van der Waals surface area contributed by atoms with Crippen LogP contribution in [0.1, 0.15) is 48.4 Å². The van der Waals surface area contributed by atoms with E-state index in [1.54, 1.807) is 12.1 Å². The lowest BCUT2D eigenvalue weighted by molar-refractivity contribution is -0.133. The number of ether oxygens (including phenoxy) is 1. The third kappa shape index (κ3) is 8.20. The topological polar surface area (TPSA) is 65.4 Å². The predicted molar refractivity (Wildman–Crippen MR) is 174 cm³/mol. The van der Waals surface area contributed by atoms with Crippen LogP contribution >= 0.6 is 34.8 Å². The minimum absolute atomic E-state index is 0.0856. The van der Waals surface area contributed by atoms with Crippen LogP contribution in [0.3, 0.4) is 0 Å². The molecule has 0 bridgehead atoms. The van der Waals surface area contributed by atoms with Crippen molar-refractivity contribution in [2.45, 2.75) is 38.1 Å². The number of aliphatic carboxylic acids is 1. The second kappa shape index (κ2) is 15.2. The number of halogens is 3. The van der Waals surface area contributed by atoms with Gasteiger partial charge in [-0.15, -0.1) is 0 Å². The Morgan fingerprint density at radius 3 is 2.35 bits per heavy atom. The summed E-state index contributed by atoms with van der Waals surface area (Å²) in [6, 6.07) is 22.4. The molecule has 3 aromatic rings. The molecule has 5 rings (SSSR count). The molecule has 0 amide bonds. The maximum absolute atomic E-state index is 13.0. The van der Waals surface area contributed by atoms with Gasteiger partial charge in [-0.1, -0.05) is 77.6 Å². The van der Waals surface area contributed by atoms with Gasteiger partial charge in [-0.05, 0) is 86.3 Å². The van der Waals surface area contributed by atoms with Crippen molar-refractivity contribution in [1.82, 2.24) is 9.80 Å². The van der Waals surface area contributed by atoms with E-state index in [1.165, 1.54) is 24.8 Å². The summed E-state index contributed by atoms with van der Waals surface area (Å²) in [6.07, 6.45) is 5.29. The number of benzene rings is 3. The summed E-state index contributed by atoms with van der Waals surface area (Å²) in [5.74, 6) is -0.377. The minimum Gasteiger partial charge on any atom is -0.478 e. The molecule has 1 fully saturated rings. The maximum atomic E-state index is 13.0. The van der Waals surface area contributed by atoms with Gasteiger partial charge in [0.2, 0.25) is 0 Å². The van der Waals surface area contributed by atoms with Crippen molar-refractivity contribution in [2.75, 3.05) is 39.4 Å². The molecule has 3 aromatic carbocycles. The van der Waals surface area contributed by atoms with E-state index in [0.29, 0.717) is 39.8 Å². The fourth-order valence-electron chi connectivity index (χ4n) is 5.78. The van der Waals surface area contributed by atoms with Gasteiger partial charge in [0.05, 0.1) is 40.6 Å². The number of hydrogen-bond acceptors (Lipinski definition) is 5. The van der Waals surface area contributed by atoms with Gasteiger partial charge in [0, 0.05) is 23.7 Å². The van der Waals surface area contributed by atoms with Crippen LogP contribution in [0.25, 0.3) is 0 Å². The lowest BCUT2D eigenvalue weighted by Crippen LogP contribution is -2.42. The molecule has 0 spiro atoms. The molecule has 226 valence electrons. The van der Waals surface area contributed by atoms with Crippen LogP contribution in [0.5, 0.6) is 0 Å². The van der Waals surface area contributed by atoms with Crippen molar-refractivity contribution in [3.05, 3.63) is 116 Å². The number of carbonyl (C=O) groups is 1. The number of likely N-dealkylation sites (tertiary alicyclic amines) is 1. The number of carboxylic acid groups (broad SMARTS) is 1. The molecule has 2 aliphatic heterocycles. The number of amidine groups is 1. The summed E-state index contributed by atoms with van der Waals surface area (Å²) in [5.41, 5.74) is 3.34. The van der Waals surface area contributed by atoms with E-state index in [9.17, 15) is 9.90 Å². The van der Waals surface area contributed by atoms with E-state index in [1.807, 2.05) is 48.5 Å². The van der Waals surface area contributed by atoms with Gasteiger partial charge in [-0.25, -0.2) is 9.79 Å². The molecule has 6 nitrogen and oxygen atoms in total. The van der Waals surface area contributed by atoms with Crippen molar-refractivity contribution in [3.8, 4) is 0 Å². The highest BCUT2D eigenvalue weighted by Crippen LogP contribution is 2.39. The Morgan fingerprint density at radius 2 is 1.65 bits per heavy atom. The number of aliphatic imine (C=N–C) groups is 1. The van der Waals surface area contributed by atoms with E-state index in [0.717, 1.165) is 43.6 Å². The van der Waals surface area contributed by atoms with Crippen LogP contribution in [0, 0.1) is 0 Å². The molecule has 1 atom stereocenters. The number of hydrogen-bond donors (Lipinski definition) is 1. The number of aryl methyl sites for hydroxylation is 1. The molecule has 1 unspecified atom stereocenters. The van der Waals surface area contributed by atoms with Gasteiger partial charge in [-0.3, -0.25) is 0 Å². The summed E-state index contributed by atoms with van der Waals surface area (Å²) >= 11 is 19.0. The minimum atomic E-state index is -1.04. The first-order valence-corrected chi connectivity index (χ1v) is 15.9. The summed E-state index contributed by atoms with van der Waals surface area (Å²) in [5, 5.41) is 12.0. The second-order valence-electron chi connectivity index (χ2n) is 10.9. The van der Waals surface area contributed by atoms with Crippen molar-refractivity contribution in [2.24, 2.45) is 4.99 Å². The number of nitrogens with zero attached hydrogens (tertiary/aromatic N) is 3. The Kier molecular flexibility index (Phi) is 11.2. The van der Waals surface area contributed by atoms with Crippen LogP contribution in [-0.4, -0.2) is 66.1 Å². The maximum Gasteiger partial charge on any atom is 0.336 e. The molecule has 2 heterocycles. The molecule has 1 saturated heterocycles. The molecule has 0 saturated carbocycles. The summed E-state index contributed by atoms with van der Waals surface area (Å²) in [4.78, 5) is 22.5. The van der Waals surface area contributed by atoms with Crippen LogP contribution in [0.2, 0.25) is 15.1 Å². The molecule has 9 heteroatoms. The summed E-state index contributed by atoms with van der Waals surface area (Å²) in [7, 11) is 0. The molecule has 43 heavy (non-hydrogen) atoms. The second-order valence-corrected chi connectivity index (χ2v) is 12.2. The van der Waals surface area contributed by atoms with Crippen LogP contribution in [-0.2, 0) is 16.0 Å². The molecular weight excluding hydrogens is 605 g/mol. The van der Waals surface area contributed by atoms with Crippen molar-refractivity contribution >= 4 is 46.6 Å². The summed E-state index contributed by atoms with van der Waals surface area (Å²) < 4.78 is 6.10. The Hall–Kier alpha value is -2.87. The van der Waals surface area contributed by atoms with Crippen LogP contribution < -0.4 is 0 Å². The monoisotopic (exact) mass is 639 g/mol. The van der Waals surface area contributed by atoms with Crippen LogP contribution in [0.4, 0.5) is 0 Å². The third-order valence-corrected chi connectivity index (χ3v) is 8.94. The van der Waals surface area contributed by atoms with Gasteiger partial charge < -0.3 is 19.6 Å². The smallest absolute Gasteiger partial charge is 0.336 e. The molecule has 0 radical (unpaired) electrons. The van der Waals surface area contributed by atoms with Crippen molar-refractivity contribution in [1.29, 1.82) is 0 Å². The zero-order valence-corrected chi connectivity index (χ0v) is 26.3. The van der Waals surface area contributed by atoms with Crippen molar-refractivity contribution in [3.63, 3.8) is 0 Å². The first-order valence-electron chi connectivity index (χ1n) is 14.8. The first kappa shape index (κ1) is 31.6. The van der Waals surface area contributed by atoms with Gasteiger partial charge in [-0.2, -0.15) is 0 Å². The average molecular weight is 641 g/mol. The normalized spacial score (nSPS) is 17.7. The fraction of sp³-hybridized carbons (Fsp3) is 0.353. The van der Waals surface area contributed by atoms with E-state index >= 15 is 0 Å². The highest BCUT2D eigenvalue weighted by Gasteiger charge is 2.37. The lowest BCUT2D eigenvalue weighted by Gasteiger charge is -2.39. The lowest BCUT2D eigenvalue weighted by atomic mass is 9.92. The summed E-state index contributed by atoms with van der Waals surface area (Å²) in [6.45, 7) is 4.10. The predicted octanol–water partition coefficient (Wildman–Crippen LogP) is 7.92. The third-order valence-electron chi connectivity index (χ3n) is 7.95.